The van der Waals surface area contributed by atoms with Crippen LogP contribution in [0.4, 0.5) is 0 Å². The normalized spacial score (nSPS) is 11.4. The lowest BCUT2D eigenvalue weighted by atomic mass is 10.0. The molecule has 0 spiro atoms. The highest BCUT2D eigenvalue weighted by molar-refractivity contribution is 6.30. The van der Waals surface area contributed by atoms with Gasteiger partial charge in [0, 0.05) is 11.6 Å². The first-order chi connectivity index (χ1) is 12.5. The Morgan fingerprint density at radius 2 is 1.88 bits per heavy atom. The quantitative estimate of drug-likeness (QED) is 0.658. The molecule has 1 aromatic heterocycles. The van der Waals surface area contributed by atoms with E-state index >= 15 is 0 Å². The van der Waals surface area contributed by atoms with E-state index in [1.165, 1.54) is 6.26 Å². The summed E-state index contributed by atoms with van der Waals surface area (Å²) in [4.78, 5) is 15.1. The van der Waals surface area contributed by atoms with Gasteiger partial charge in [0.1, 0.15) is 17.6 Å². The molecule has 0 radical (unpaired) electrons. The van der Waals surface area contributed by atoms with Crippen molar-refractivity contribution in [2.75, 3.05) is 13.6 Å². The monoisotopic (exact) mass is 371 g/mol. The van der Waals surface area contributed by atoms with E-state index in [9.17, 15) is 9.90 Å². The van der Waals surface area contributed by atoms with Crippen LogP contribution in [0.1, 0.15) is 25.3 Å². The molecule has 0 aliphatic carbocycles. The van der Waals surface area contributed by atoms with Crippen molar-refractivity contribution in [3.8, 4) is 16.9 Å². The van der Waals surface area contributed by atoms with E-state index in [4.69, 9.17) is 16.0 Å². The summed E-state index contributed by atoms with van der Waals surface area (Å²) < 4.78 is 5.81. The lowest BCUT2D eigenvalue weighted by Crippen LogP contribution is -2.19. The van der Waals surface area contributed by atoms with E-state index < -0.39 is 0 Å². The van der Waals surface area contributed by atoms with Gasteiger partial charge in [0.25, 0.3) is 0 Å². The minimum Gasteiger partial charge on any atom is -0.507 e. The highest BCUT2D eigenvalue weighted by atomic mass is 35.5. The summed E-state index contributed by atoms with van der Waals surface area (Å²) in [5.41, 5.74) is 2.19. The molecule has 0 amide bonds. The number of hydrogen-bond acceptors (Lipinski definition) is 4. The number of unbranched alkanes of at least 4 members (excludes halogenated alkanes) is 1. The third-order valence-corrected chi connectivity index (χ3v) is 4.75. The Balaban J connectivity index is 2.06. The standard InChI is InChI=1S/C21H22ClNO3/c1-3-4-11-23(2)12-17-19(24)10-9-16-20(25)18(13-26-21(16)17)14-5-7-15(22)8-6-14/h5-10,13,24H,3-4,11-12H2,1-2H3. The zero-order valence-electron chi connectivity index (χ0n) is 15.0. The van der Waals surface area contributed by atoms with Crippen molar-refractivity contribution < 1.29 is 9.52 Å². The van der Waals surface area contributed by atoms with E-state index in [1.54, 1.807) is 36.4 Å². The van der Waals surface area contributed by atoms with Gasteiger partial charge >= 0.3 is 0 Å². The van der Waals surface area contributed by atoms with Crippen molar-refractivity contribution in [1.82, 2.24) is 4.90 Å². The molecule has 0 saturated carbocycles. The molecule has 1 N–H and O–H groups in total. The minimum atomic E-state index is -0.119. The first kappa shape index (κ1) is 18.5. The maximum Gasteiger partial charge on any atom is 0.200 e. The van der Waals surface area contributed by atoms with Crippen LogP contribution < -0.4 is 5.43 Å². The topological polar surface area (TPSA) is 53.7 Å². The number of aromatic hydroxyl groups is 1. The van der Waals surface area contributed by atoms with Gasteiger partial charge in [-0.15, -0.1) is 0 Å². The molecule has 0 saturated heterocycles. The van der Waals surface area contributed by atoms with Crippen LogP contribution in [-0.4, -0.2) is 23.6 Å². The van der Waals surface area contributed by atoms with Crippen molar-refractivity contribution in [1.29, 1.82) is 0 Å². The smallest absolute Gasteiger partial charge is 0.200 e. The van der Waals surface area contributed by atoms with Crippen LogP contribution in [0.3, 0.4) is 0 Å². The molecule has 136 valence electrons. The van der Waals surface area contributed by atoms with E-state index in [1.807, 2.05) is 7.05 Å². The van der Waals surface area contributed by atoms with Gasteiger partial charge in [0.2, 0.25) is 5.43 Å². The summed E-state index contributed by atoms with van der Waals surface area (Å²) in [5, 5.41) is 11.4. The first-order valence-corrected chi connectivity index (χ1v) is 9.10. The second-order valence-corrected chi connectivity index (χ2v) is 6.95. The van der Waals surface area contributed by atoms with Crippen molar-refractivity contribution in [2.24, 2.45) is 0 Å². The molecule has 0 atom stereocenters. The Labute approximate surface area is 157 Å². The number of fused-ring (bicyclic) bond motifs is 1. The summed E-state index contributed by atoms with van der Waals surface area (Å²) in [6.07, 6.45) is 3.64. The molecule has 3 aromatic rings. The Kier molecular flexibility index (Phi) is 5.64. The zero-order chi connectivity index (χ0) is 18.7. The number of rotatable bonds is 6. The van der Waals surface area contributed by atoms with Crippen LogP contribution >= 0.6 is 11.6 Å². The molecule has 4 nitrogen and oxygen atoms in total. The van der Waals surface area contributed by atoms with Crippen LogP contribution in [0.15, 0.2) is 51.9 Å². The fraction of sp³-hybridized carbons (Fsp3) is 0.286. The predicted octanol–water partition coefficient (Wildman–Crippen LogP) is 5.05. The van der Waals surface area contributed by atoms with Crippen molar-refractivity contribution in [3.05, 3.63) is 63.5 Å². The fourth-order valence-electron chi connectivity index (χ4n) is 3.01. The van der Waals surface area contributed by atoms with Gasteiger partial charge in [-0.25, -0.2) is 0 Å². The van der Waals surface area contributed by atoms with Gasteiger partial charge in [-0.2, -0.15) is 0 Å². The third-order valence-electron chi connectivity index (χ3n) is 4.50. The van der Waals surface area contributed by atoms with Gasteiger partial charge in [-0.3, -0.25) is 4.79 Å². The van der Waals surface area contributed by atoms with Gasteiger partial charge in [0.15, 0.2) is 0 Å². The molecule has 5 heteroatoms. The van der Waals surface area contributed by atoms with Gasteiger partial charge < -0.3 is 14.4 Å². The lowest BCUT2D eigenvalue weighted by Gasteiger charge is -2.18. The van der Waals surface area contributed by atoms with Crippen LogP contribution in [0, 0.1) is 0 Å². The van der Waals surface area contributed by atoms with E-state index in [-0.39, 0.29) is 11.2 Å². The van der Waals surface area contributed by atoms with E-state index in [2.05, 4.69) is 11.8 Å². The summed E-state index contributed by atoms with van der Waals surface area (Å²) >= 11 is 5.92. The summed E-state index contributed by atoms with van der Waals surface area (Å²) in [6, 6.07) is 10.2. The summed E-state index contributed by atoms with van der Waals surface area (Å²) in [6.45, 7) is 3.58. The molecule has 0 bridgehead atoms. The third kappa shape index (κ3) is 3.76. The zero-order valence-corrected chi connectivity index (χ0v) is 15.7. The van der Waals surface area contributed by atoms with Crippen LogP contribution in [0.5, 0.6) is 5.75 Å². The maximum absolute atomic E-state index is 12.9. The highest BCUT2D eigenvalue weighted by Gasteiger charge is 2.16. The maximum atomic E-state index is 12.9. The fourth-order valence-corrected chi connectivity index (χ4v) is 3.13. The first-order valence-electron chi connectivity index (χ1n) is 8.72. The molecule has 2 aromatic carbocycles. The van der Waals surface area contributed by atoms with Gasteiger partial charge in [-0.1, -0.05) is 37.1 Å². The number of phenols is 1. The minimum absolute atomic E-state index is 0.119. The molecule has 1 heterocycles. The molecule has 0 aliphatic heterocycles. The molecule has 0 unspecified atom stereocenters. The van der Waals surface area contributed by atoms with Crippen molar-refractivity contribution in [3.63, 3.8) is 0 Å². The number of hydrogen-bond donors (Lipinski definition) is 1. The number of halogens is 1. The number of benzene rings is 2. The van der Waals surface area contributed by atoms with Crippen molar-refractivity contribution in [2.45, 2.75) is 26.3 Å². The van der Waals surface area contributed by atoms with Crippen LogP contribution in [0.2, 0.25) is 5.02 Å². The molecular formula is C21H22ClNO3. The molecule has 0 aliphatic rings. The van der Waals surface area contributed by atoms with Gasteiger partial charge in [-0.05, 0) is 49.8 Å². The van der Waals surface area contributed by atoms with Crippen LogP contribution in [-0.2, 0) is 6.54 Å². The Morgan fingerprint density at radius 3 is 2.58 bits per heavy atom. The highest BCUT2D eigenvalue weighted by Crippen LogP contribution is 2.29. The molecular weight excluding hydrogens is 350 g/mol. The second kappa shape index (κ2) is 7.94. The van der Waals surface area contributed by atoms with Crippen molar-refractivity contribution >= 4 is 22.6 Å². The Bertz CT molecular complexity index is 963. The Hall–Kier alpha value is -2.30. The second-order valence-electron chi connectivity index (χ2n) is 6.52. The number of phenolic OH excluding ortho intramolecular Hbond substituents is 1. The largest absolute Gasteiger partial charge is 0.507 e. The van der Waals surface area contributed by atoms with Crippen LogP contribution in [0.25, 0.3) is 22.1 Å². The molecule has 26 heavy (non-hydrogen) atoms. The van der Waals surface area contributed by atoms with E-state index in [0.29, 0.717) is 33.7 Å². The van der Waals surface area contributed by atoms with Gasteiger partial charge in [0.05, 0.1) is 16.5 Å². The Morgan fingerprint density at radius 1 is 1.15 bits per heavy atom. The SMILES string of the molecule is CCCCN(C)Cc1c(O)ccc2c(=O)c(-c3ccc(Cl)cc3)coc12. The average molecular weight is 372 g/mol. The molecule has 0 fully saturated rings. The molecule has 3 rings (SSSR count). The number of nitrogens with zero attached hydrogens (tertiary/aromatic N) is 1. The summed E-state index contributed by atoms with van der Waals surface area (Å²) in [7, 11) is 1.99. The summed E-state index contributed by atoms with van der Waals surface area (Å²) in [5.74, 6) is 0.142. The average Bonchev–Trinajstić information content (AvgIpc) is 2.63. The predicted molar refractivity (Wildman–Crippen MR) is 106 cm³/mol. The van der Waals surface area contributed by atoms with E-state index in [0.717, 1.165) is 24.9 Å². The lowest BCUT2D eigenvalue weighted by molar-refractivity contribution is 0.314.